The maximum Gasteiger partial charge on any atom is 0.261 e. The lowest BCUT2D eigenvalue weighted by atomic mass is 10.1. The van der Waals surface area contributed by atoms with Gasteiger partial charge in [0.2, 0.25) is 5.91 Å². The van der Waals surface area contributed by atoms with Gasteiger partial charge in [-0.15, -0.1) is 11.3 Å². The summed E-state index contributed by atoms with van der Waals surface area (Å²) < 4.78 is 1.57. The van der Waals surface area contributed by atoms with Gasteiger partial charge in [-0.1, -0.05) is 41.1 Å². The lowest BCUT2D eigenvalue weighted by Crippen LogP contribution is -2.24. The zero-order valence-corrected chi connectivity index (χ0v) is 21.4. The fourth-order valence-electron chi connectivity index (χ4n) is 3.68. The molecule has 2 aromatic carbocycles. The number of hydrogen-bond acceptors (Lipinski definition) is 6. The molecule has 4 rings (SSSR count). The molecule has 9 heteroatoms. The molecule has 0 aliphatic carbocycles. The molecule has 170 valence electrons. The number of nitrogens with zero attached hydrogens (tertiary/aromatic N) is 4. The van der Waals surface area contributed by atoms with Crippen molar-refractivity contribution in [2.75, 3.05) is 4.90 Å². The highest BCUT2D eigenvalue weighted by atomic mass is 35.5. The predicted octanol–water partition coefficient (Wildman–Crippen LogP) is 5.95. The van der Waals surface area contributed by atoms with Gasteiger partial charge >= 0.3 is 0 Å². The van der Waals surface area contributed by atoms with Gasteiger partial charge in [0.1, 0.15) is 0 Å². The molecule has 1 amide bonds. The maximum atomic E-state index is 12.8. The largest absolute Gasteiger partial charge is 0.290 e. The van der Waals surface area contributed by atoms with Crippen LogP contribution in [0.1, 0.15) is 29.3 Å². The van der Waals surface area contributed by atoms with Gasteiger partial charge < -0.3 is 0 Å². The second-order valence-corrected chi connectivity index (χ2v) is 10.1. The number of rotatable bonds is 5. The van der Waals surface area contributed by atoms with Gasteiger partial charge in [-0.3, -0.25) is 19.1 Å². The predicted molar refractivity (Wildman–Crippen MR) is 137 cm³/mol. The van der Waals surface area contributed by atoms with Crippen LogP contribution in [0.5, 0.6) is 0 Å². The van der Waals surface area contributed by atoms with Crippen LogP contribution in [0, 0.1) is 20.8 Å². The number of benzene rings is 2. The molecule has 0 spiro atoms. The summed E-state index contributed by atoms with van der Waals surface area (Å²) in [6.45, 7) is 7.36. The van der Waals surface area contributed by atoms with Crippen LogP contribution < -0.4 is 10.5 Å². The summed E-state index contributed by atoms with van der Waals surface area (Å²) in [4.78, 5) is 36.2. The molecule has 2 heterocycles. The van der Waals surface area contributed by atoms with E-state index in [-0.39, 0.29) is 11.5 Å². The van der Waals surface area contributed by atoms with Gasteiger partial charge in [-0.2, -0.15) is 0 Å². The van der Waals surface area contributed by atoms with Crippen molar-refractivity contribution in [2.24, 2.45) is 7.05 Å². The van der Waals surface area contributed by atoms with E-state index in [1.165, 1.54) is 30.0 Å². The first kappa shape index (κ1) is 23.5. The Morgan fingerprint density at radius 2 is 1.91 bits per heavy atom. The van der Waals surface area contributed by atoms with E-state index in [9.17, 15) is 9.59 Å². The van der Waals surface area contributed by atoms with E-state index in [4.69, 9.17) is 11.6 Å². The summed E-state index contributed by atoms with van der Waals surface area (Å²) >= 11 is 9.32. The first-order chi connectivity index (χ1) is 15.7. The van der Waals surface area contributed by atoms with Crippen molar-refractivity contribution in [3.63, 3.8) is 0 Å². The van der Waals surface area contributed by atoms with Gasteiger partial charge in [0.15, 0.2) is 10.3 Å². The second-order valence-electron chi connectivity index (χ2n) is 7.96. The Bertz CT molecular complexity index is 1420. The van der Waals surface area contributed by atoms with Gasteiger partial charge in [0.05, 0.1) is 27.3 Å². The standard InChI is InChI=1S/C24H23ClN4O2S2/c1-13-6-7-20-18(9-13)22(31)28(5)23(27-20)32-11-17-12-33-24(26-17)29(16(4)30)21-15(3)8-14(2)10-19(21)25/h6-10,12H,11H2,1-5H3. The number of amides is 1. The molecule has 6 nitrogen and oxygen atoms in total. The van der Waals surface area contributed by atoms with Crippen LogP contribution in [0.2, 0.25) is 5.02 Å². The summed E-state index contributed by atoms with van der Waals surface area (Å²) in [5.74, 6) is 0.354. The number of carbonyl (C=O) groups excluding carboxylic acids is 1. The number of hydrogen-bond donors (Lipinski definition) is 0. The average Bonchev–Trinajstić information content (AvgIpc) is 3.20. The SMILES string of the molecule is CC(=O)N(c1nc(CSc2nc3ccc(C)cc3c(=O)n2C)cs1)c1c(C)cc(C)cc1Cl. The number of halogens is 1. The van der Waals surface area contributed by atoms with E-state index in [0.717, 1.165) is 22.4 Å². The van der Waals surface area contributed by atoms with Gasteiger partial charge in [-0.25, -0.2) is 9.97 Å². The monoisotopic (exact) mass is 498 g/mol. The van der Waals surface area contributed by atoms with Crippen LogP contribution >= 0.6 is 34.7 Å². The zero-order valence-electron chi connectivity index (χ0n) is 19.0. The van der Waals surface area contributed by atoms with Crippen LogP contribution in [-0.2, 0) is 17.6 Å². The molecule has 0 aliphatic heterocycles. The molecule has 0 unspecified atom stereocenters. The molecular weight excluding hydrogens is 476 g/mol. The molecule has 4 aromatic rings. The molecule has 0 saturated carbocycles. The molecule has 33 heavy (non-hydrogen) atoms. The second kappa shape index (κ2) is 9.29. The summed E-state index contributed by atoms with van der Waals surface area (Å²) in [5.41, 5.74) is 5.02. The minimum atomic E-state index is -0.161. The van der Waals surface area contributed by atoms with Crippen molar-refractivity contribution in [2.45, 2.75) is 38.6 Å². The molecule has 2 aromatic heterocycles. The van der Waals surface area contributed by atoms with Crippen molar-refractivity contribution in [3.05, 3.63) is 73.5 Å². The minimum Gasteiger partial charge on any atom is -0.290 e. The lowest BCUT2D eigenvalue weighted by Gasteiger charge is -2.22. The van der Waals surface area contributed by atoms with Crippen LogP contribution in [0.15, 0.2) is 45.7 Å². The van der Waals surface area contributed by atoms with Gasteiger partial charge in [-0.05, 0) is 50.1 Å². The molecule has 0 atom stereocenters. The summed E-state index contributed by atoms with van der Waals surface area (Å²) in [6, 6.07) is 9.52. The number of anilines is 2. The molecule has 0 aliphatic rings. The molecule has 0 fully saturated rings. The normalized spacial score (nSPS) is 11.2. The molecular formula is C24H23ClN4O2S2. The summed E-state index contributed by atoms with van der Waals surface area (Å²) in [7, 11) is 1.73. The summed E-state index contributed by atoms with van der Waals surface area (Å²) in [5, 5.41) is 4.22. The third-order valence-corrected chi connectivity index (χ3v) is 7.43. The Morgan fingerprint density at radius 3 is 2.61 bits per heavy atom. The molecule has 0 N–H and O–H groups in total. The molecule has 0 radical (unpaired) electrons. The van der Waals surface area contributed by atoms with E-state index in [1.807, 2.05) is 56.5 Å². The van der Waals surface area contributed by atoms with Crippen LogP contribution in [0.25, 0.3) is 10.9 Å². The van der Waals surface area contributed by atoms with Crippen molar-refractivity contribution < 1.29 is 4.79 Å². The number of fused-ring (bicyclic) bond motifs is 1. The molecule has 0 saturated heterocycles. The van der Waals surface area contributed by atoms with Crippen molar-refractivity contribution in [1.29, 1.82) is 0 Å². The minimum absolute atomic E-state index is 0.0718. The Labute approximate surface area is 205 Å². The van der Waals surface area contributed by atoms with E-state index >= 15 is 0 Å². The van der Waals surface area contributed by atoms with Crippen LogP contribution in [-0.4, -0.2) is 20.4 Å². The van der Waals surface area contributed by atoms with E-state index in [0.29, 0.717) is 37.7 Å². The maximum absolute atomic E-state index is 12.8. The van der Waals surface area contributed by atoms with Crippen LogP contribution in [0.4, 0.5) is 10.8 Å². The highest BCUT2D eigenvalue weighted by Gasteiger charge is 2.23. The Kier molecular flexibility index (Phi) is 6.61. The fourth-order valence-corrected chi connectivity index (χ4v) is 5.92. The van der Waals surface area contributed by atoms with Crippen molar-refractivity contribution in [3.8, 4) is 0 Å². The summed E-state index contributed by atoms with van der Waals surface area (Å²) in [6.07, 6.45) is 0. The highest BCUT2D eigenvalue weighted by Crippen LogP contribution is 2.38. The average molecular weight is 499 g/mol. The van der Waals surface area contributed by atoms with E-state index < -0.39 is 0 Å². The van der Waals surface area contributed by atoms with Gasteiger partial charge in [0.25, 0.3) is 5.56 Å². The number of thioether (sulfide) groups is 1. The van der Waals surface area contributed by atoms with Gasteiger partial charge in [0, 0.05) is 25.1 Å². The third kappa shape index (κ3) is 4.69. The van der Waals surface area contributed by atoms with E-state index in [1.54, 1.807) is 16.5 Å². The zero-order chi connectivity index (χ0) is 23.9. The molecule has 0 bridgehead atoms. The first-order valence-electron chi connectivity index (χ1n) is 10.3. The fraction of sp³-hybridized carbons (Fsp3) is 0.250. The number of aryl methyl sites for hydroxylation is 3. The quantitative estimate of drug-likeness (QED) is 0.251. The van der Waals surface area contributed by atoms with Crippen molar-refractivity contribution >= 4 is 62.3 Å². The number of carbonyl (C=O) groups is 1. The highest BCUT2D eigenvalue weighted by molar-refractivity contribution is 7.98. The topological polar surface area (TPSA) is 68.1 Å². The third-order valence-electron chi connectivity index (χ3n) is 5.21. The smallest absolute Gasteiger partial charge is 0.261 e. The Morgan fingerprint density at radius 1 is 1.15 bits per heavy atom. The Hall–Kier alpha value is -2.68. The number of aromatic nitrogens is 3. The van der Waals surface area contributed by atoms with E-state index in [2.05, 4.69) is 9.97 Å². The number of thiazole rings is 1. The lowest BCUT2D eigenvalue weighted by molar-refractivity contribution is -0.115. The first-order valence-corrected chi connectivity index (χ1v) is 12.5. The van der Waals surface area contributed by atoms with Crippen molar-refractivity contribution in [1.82, 2.24) is 14.5 Å². The van der Waals surface area contributed by atoms with Crippen LogP contribution in [0.3, 0.4) is 0 Å². The Balaban J connectivity index is 1.62.